The topological polar surface area (TPSA) is 243 Å². The molecular weight excluding hydrogens is 1040 g/mol. The number of amides is 1. The number of hydrogen-bond donors (Lipinski definition) is 2. The van der Waals surface area contributed by atoms with Gasteiger partial charge in [-0.25, -0.2) is 4.79 Å². The highest BCUT2D eigenvalue weighted by Crippen LogP contribution is 2.41. The Bertz CT molecular complexity index is 1990. The first-order valence-corrected chi connectivity index (χ1v) is 29.7. The summed E-state index contributed by atoms with van der Waals surface area (Å²) in [5.74, 6) is -7.97. The number of nitrogens with zero attached hydrogens (tertiary/aromatic N) is 2. The standard InChI is InChI=1S/C59H102N2O19/c1-19-20-21-60-26-37(10)73-45(23-33(60)6)77-51-38(11)48(79-56-47(65)43(62)24-34(7)74-56)31(4)25-59(16,80-58(68)61-27-35(8)72-36(9)28-61)54(66)40(13)50(76-44(63)22-30(2)3)39(12)49(78-55(67)41(51)14)32(5)29-71-57-53(70-18)52(69-17)46(64)42(15)75-57/h30-42,45-53,56-57,64-65H,19-29H2,1-18H3/t31-,32-,33+,34+,35-,36+,37-,38+,39-,40+,41+,42+,45-,46+,47+,48-,49+,50+,51-,52+,53+,56-,57+,59-/m0/s1. The van der Waals surface area contributed by atoms with Gasteiger partial charge in [0, 0.05) is 63.8 Å². The molecule has 5 heterocycles. The Morgan fingerprint density at radius 3 is 1.99 bits per heavy atom. The number of ketones is 2. The van der Waals surface area contributed by atoms with Gasteiger partial charge >= 0.3 is 18.0 Å². The molecule has 0 unspecified atom stereocenters. The van der Waals surface area contributed by atoms with Crippen LogP contribution in [-0.2, 0) is 76.0 Å². The highest BCUT2D eigenvalue weighted by atomic mass is 16.7. The Kier molecular flexibility index (Phi) is 25.6. The van der Waals surface area contributed by atoms with E-state index < -0.39 is 151 Å². The Hall–Kier alpha value is -2.93. The molecule has 0 aromatic rings. The van der Waals surface area contributed by atoms with Crippen molar-refractivity contribution >= 4 is 29.6 Å². The fourth-order valence-corrected chi connectivity index (χ4v) is 12.7. The lowest BCUT2D eigenvalue weighted by molar-refractivity contribution is -0.305. The third-order valence-electron chi connectivity index (χ3n) is 17.0. The fraction of sp³-hybridized carbons (Fsp3) is 0.915. The fourth-order valence-electron chi connectivity index (χ4n) is 12.7. The number of esters is 2. The van der Waals surface area contributed by atoms with Crippen LogP contribution in [0.3, 0.4) is 0 Å². The number of methoxy groups -OCH3 is 2. The number of Topliss-reactive ketones (excluding diaryl/α,β-unsaturated/α-hetero) is 2. The smallest absolute Gasteiger partial charge is 0.410 e. The second-order valence-corrected chi connectivity index (χ2v) is 24.9. The lowest BCUT2D eigenvalue weighted by Gasteiger charge is -2.45. The second-order valence-electron chi connectivity index (χ2n) is 24.9. The van der Waals surface area contributed by atoms with Crippen molar-refractivity contribution in [2.75, 3.05) is 47.0 Å². The van der Waals surface area contributed by atoms with E-state index in [1.807, 2.05) is 48.5 Å². The highest BCUT2D eigenvalue weighted by Gasteiger charge is 2.53. The van der Waals surface area contributed by atoms with Gasteiger partial charge in [0.05, 0.1) is 74.3 Å². The summed E-state index contributed by atoms with van der Waals surface area (Å²) in [7, 11) is 2.91. The molecule has 0 radical (unpaired) electrons. The number of aliphatic hydroxyl groups excluding tert-OH is 2. The lowest BCUT2D eigenvalue weighted by Crippen LogP contribution is -2.59. The van der Waals surface area contributed by atoms with Crippen LogP contribution in [-0.4, -0.2) is 206 Å². The summed E-state index contributed by atoms with van der Waals surface area (Å²) in [5, 5.41) is 22.4. The number of cyclic esters (lactones) is 1. The number of unbranched alkanes of at least 4 members (excludes halogenated alkanes) is 1. The molecule has 21 heteroatoms. The van der Waals surface area contributed by atoms with Crippen LogP contribution in [0.25, 0.3) is 0 Å². The number of aliphatic hydroxyl groups is 2. The average Bonchev–Trinajstić information content (AvgIpc) is 3.53. The molecule has 5 rings (SSSR count). The molecular formula is C59H102N2O19. The maximum Gasteiger partial charge on any atom is 0.410 e. The van der Waals surface area contributed by atoms with Gasteiger partial charge in [-0.15, -0.1) is 0 Å². The summed E-state index contributed by atoms with van der Waals surface area (Å²) >= 11 is 0. The molecule has 21 nitrogen and oxygen atoms in total. The van der Waals surface area contributed by atoms with Crippen LogP contribution in [0.4, 0.5) is 4.79 Å². The maximum atomic E-state index is 15.9. The number of hydrogen-bond acceptors (Lipinski definition) is 20. The van der Waals surface area contributed by atoms with Crippen LogP contribution in [0, 0.1) is 41.4 Å². The van der Waals surface area contributed by atoms with Gasteiger partial charge in [0.2, 0.25) is 0 Å². The van der Waals surface area contributed by atoms with Crippen LogP contribution >= 0.6 is 0 Å². The Balaban J connectivity index is 1.71. The van der Waals surface area contributed by atoms with Crippen molar-refractivity contribution < 1.29 is 91.0 Å². The predicted octanol–water partition coefficient (Wildman–Crippen LogP) is 6.26. The molecule has 24 atom stereocenters. The van der Waals surface area contributed by atoms with E-state index in [1.54, 1.807) is 48.5 Å². The van der Waals surface area contributed by atoms with Gasteiger partial charge in [-0.05, 0) is 86.6 Å². The molecule has 80 heavy (non-hydrogen) atoms. The molecule has 0 aliphatic carbocycles. The first-order valence-electron chi connectivity index (χ1n) is 29.7. The van der Waals surface area contributed by atoms with Crippen molar-refractivity contribution in [3.63, 3.8) is 0 Å². The summed E-state index contributed by atoms with van der Waals surface area (Å²) in [5.41, 5.74) is -1.96. The van der Waals surface area contributed by atoms with Gasteiger partial charge in [0.15, 0.2) is 42.1 Å². The zero-order chi connectivity index (χ0) is 59.7. The van der Waals surface area contributed by atoms with Crippen molar-refractivity contribution in [2.24, 2.45) is 41.4 Å². The van der Waals surface area contributed by atoms with Crippen molar-refractivity contribution in [1.82, 2.24) is 9.80 Å². The van der Waals surface area contributed by atoms with E-state index in [-0.39, 0.29) is 69.2 Å². The molecule has 5 aliphatic rings. The molecule has 0 saturated carbocycles. The quantitative estimate of drug-likeness (QED) is 0.121. The van der Waals surface area contributed by atoms with Gasteiger partial charge in [-0.3, -0.25) is 24.1 Å². The molecule has 462 valence electrons. The summed E-state index contributed by atoms with van der Waals surface area (Å²) in [6.07, 6.45) is -13.0. The minimum atomic E-state index is -1.96. The van der Waals surface area contributed by atoms with E-state index in [9.17, 15) is 24.6 Å². The molecule has 5 fully saturated rings. The van der Waals surface area contributed by atoms with Crippen molar-refractivity contribution in [3.8, 4) is 0 Å². The van der Waals surface area contributed by atoms with E-state index in [0.717, 1.165) is 19.4 Å². The number of ether oxygens (including phenoxy) is 12. The van der Waals surface area contributed by atoms with Crippen LogP contribution in [0.2, 0.25) is 0 Å². The molecule has 0 spiro atoms. The first kappa shape index (κ1) is 67.9. The van der Waals surface area contributed by atoms with E-state index in [4.69, 9.17) is 56.8 Å². The molecule has 0 bridgehead atoms. The largest absolute Gasteiger partial charge is 0.461 e. The summed E-state index contributed by atoms with van der Waals surface area (Å²) in [4.78, 5) is 77.3. The number of rotatable bonds is 17. The van der Waals surface area contributed by atoms with Crippen LogP contribution in [0.1, 0.15) is 149 Å². The first-order chi connectivity index (χ1) is 37.5. The van der Waals surface area contributed by atoms with Crippen LogP contribution < -0.4 is 0 Å². The third-order valence-corrected chi connectivity index (χ3v) is 17.0. The minimum Gasteiger partial charge on any atom is -0.461 e. The van der Waals surface area contributed by atoms with E-state index in [0.29, 0.717) is 13.0 Å². The Morgan fingerprint density at radius 1 is 0.738 bits per heavy atom. The van der Waals surface area contributed by atoms with Crippen molar-refractivity contribution in [2.45, 2.75) is 259 Å². The SMILES string of the molecule is CCCCN1C[C@H](C)O[C@@H](O[C@H]2[C@H](C)[C@@H](O[C@@H]3O[C@H](C)CC(=O)[C@H]3O)[C@@H](C)C[C@](C)(OC(=O)N3C[C@@H](C)O[C@@H](C)C3)C(=O)[C@H](C)[C@H](OC(=O)CC(C)C)[C@@H](C)[C@@H]([C@@H](C)CO[C@@H]3O[C@H](C)[C@@H](O)[C@@H](OC)[C@H]3OC)OC(=O)[C@@H]2C)C[C@H]1C. The second kappa shape index (κ2) is 30.2. The zero-order valence-corrected chi connectivity index (χ0v) is 51.4. The van der Waals surface area contributed by atoms with Crippen LogP contribution in [0.15, 0.2) is 0 Å². The number of morpholine rings is 1. The van der Waals surface area contributed by atoms with Gasteiger partial charge in [0.1, 0.15) is 30.5 Å². The third kappa shape index (κ3) is 17.4. The van der Waals surface area contributed by atoms with Gasteiger partial charge in [-0.2, -0.15) is 0 Å². The van der Waals surface area contributed by atoms with Gasteiger partial charge < -0.3 is 72.0 Å². The van der Waals surface area contributed by atoms with Gasteiger partial charge in [-0.1, -0.05) is 61.8 Å². The Labute approximate surface area is 476 Å². The number of carbonyl (C=O) groups is 5. The van der Waals surface area contributed by atoms with Crippen LogP contribution in [0.5, 0.6) is 0 Å². The highest BCUT2D eigenvalue weighted by molar-refractivity contribution is 5.91. The Morgan fingerprint density at radius 2 is 1.38 bits per heavy atom. The molecule has 5 saturated heterocycles. The molecule has 5 aliphatic heterocycles. The van der Waals surface area contributed by atoms with E-state index in [1.165, 1.54) is 19.1 Å². The minimum absolute atomic E-state index is 0.00602. The molecule has 0 aromatic carbocycles. The number of carbonyl (C=O) groups excluding carboxylic acids is 5. The molecule has 1 amide bonds. The summed E-state index contributed by atoms with van der Waals surface area (Å²) in [6.45, 7) is 31.0. The van der Waals surface area contributed by atoms with Crippen molar-refractivity contribution in [3.05, 3.63) is 0 Å². The monoisotopic (exact) mass is 1140 g/mol. The normalized spacial score (nSPS) is 41.8. The summed E-state index contributed by atoms with van der Waals surface area (Å²) in [6, 6.07) is 0.0235. The lowest BCUT2D eigenvalue weighted by atomic mass is 9.74. The molecule has 0 aromatic heterocycles. The van der Waals surface area contributed by atoms with Crippen molar-refractivity contribution in [1.29, 1.82) is 0 Å². The maximum absolute atomic E-state index is 15.9. The zero-order valence-electron chi connectivity index (χ0n) is 51.4. The predicted molar refractivity (Wildman–Crippen MR) is 293 cm³/mol. The molecule has 2 N–H and O–H groups in total. The van der Waals surface area contributed by atoms with E-state index >= 15 is 9.59 Å². The van der Waals surface area contributed by atoms with E-state index in [2.05, 4.69) is 18.7 Å². The summed E-state index contributed by atoms with van der Waals surface area (Å²) < 4.78 is 76.5. The van der Waals surface area contributed by atoms with Gasteiger partial charge in [0.25, 0.3) is 0 Å². The average molecular weight is 1140 g/mol.